The fourth-order valence-corrected chi connectivity index (χ4v) is 2.97. The normalized spacial score (nSPS) is 16.6. The number of carbonyl (C=O) groups is 1. The lowest BCUT2D eigenvalue weighted by Crippen LogP contribution is -2.18. The highest BCUT2D eigenvalue weighted by Crippen LogP contribution is 2.28. The lowest BCUT2D eigenvalue weighted by atomic mass is 9.87. The molecule has 1 saturated carbocycles. The van der Waals surface area contributed by atoms with Crippen LogP contribution >= 0.6 is 27.5 Å². The van der Waals surface area contributed by atoms with Crippen LogP contribution in [0.15, 0.2) is 22.7 Å². The zero-order valence-corrected chi connectivity index (χ0v) is 12.6. The van der Waals surface area contributed by atoms with Gasteiger partial charge >= 0.3 is 0 Å². The molecule has 1 aliphatic carbocycles. The summed E-state index contributed by atoms with van der Waals surface area (Å²) >= 11 is 9.42. The Bertz CT molecular complexity index is 430. The van der Waals surface area contributed by atoms with Crippen molar-refractivity contribution in [3.05, 3.63) is 27.7 Å². The first-order valence-corrected chi connectivity index (χ1v) is 7.57. The Morgan fingerprint density at radius 1 is 1.33 bits per heavy atom. The second kappa shape index (κ2) is 6.58. The van der Waals surface area contributed by atoms with E-state index in [9.17, 15) is 4.79 Å². The molecular weight excluding hydrogens is 314 g/mol. The van der Waals surface area contributed by atoms with Gasteiger partial charge in [-0.1, -0.05) is 46.8 Å². The molecule has 1 amide bonds. The van der Waals surface area contributed by atoms with Crippen LogP contribution in [0.1, 0.15) is 38.5 Å². The van der Waals surface area contributed by atoms with Crippen molar-refractivity contribution in [1.29, 1.82) is 0 Å². The van der Waals surface area contributed by atoms with Gasteiger partial charge in [-0.15, -0.1) is 0 Å². The standard InChI is InChI=1S/C14H17BrClNO/c15-11-6-7-12(16)13(9-11)17-14(18)8-10-4-2-1-3-5-10/h6-7,9-10H,1-5,8H2,(H,17,18). The number of nitrogens with one attached hydrogen (secondary N) is 1. The molecule has 1 aromatic carbocycles. The second-order valence-electron chi connectivity index (χ2n) is 4.88. The lowest BCUT2D eigenvalue weighted by Gasteiger charge is -2.21. The van der Waals surface area contributed by atoms with Crippen molar-refractivity contribution in [2.24, 2.45) is 5.92 Å². The van der Waals surface area contributed by atoms with Crippen LogP contribution in [0.5, 0.6) is 0 Å². The summed E-state index contributed by atoms with van der Waals surface area (Å²) in [5, 5.41) is 3.48. The Morgan fingerprint density at radius 2 is 2.06 bits per heavy atom. The van der Waals surface area contributed by atoms with E-state index in [1.807, 2.05) is 12.1 Å². The average Bonchev–Trinajstić information content (AvgIpc) is 2.35. The molecule has 0 unspecified atom stereocenters. The van der Waals surface area contributed by atoms with Crippen LogP contribution in [0, 0.1) is 5.92 Å². The van der Waals surface area contributed by atoms with E-state index in [2.05, 4.69) is 21.2 Å². The maximum Gasteiger partial charge on any atom is 0.224 e. The van der Waals surface area contributed by atoms with Crippen molar-refractivity contribution < 1.29 is 4.79 Å². The van der Waals surface area contributed by atoms with Crippen LogP contribution in [0.2, 0.25) is 5.02 Å². The molecule has 2 nitrogen and oxygen atoms in total. The Labute approximate surface area is 121 Å². The molecule has 2 rings (SSSR count). The first-order valence-electron chi connectivity index (χ1n) is 6.40. The van der Waals surface area contributed by atoms with Crippen molar-refractivity contribution in [2.75, 3.05) is 5.32 Å². The number of amides is 1. The molecule has 0 atom stereocenters. The van der Waals surface area contributed by atoms with Gasteiger partial charge in [0.25, 0.3) is 0 Å². The van der Waals surface area contributed by atoms with E-state index < -0.39 is 0 Å². The minimum absolute atomic E-state index is 0.0712. The SMILES string of the molecule is O=C(CC1CCCCC1)Nc1cc(Br)ccc1Cl. The van der Waals surface area contributed by atoms with Gasteiger partial charge in [0, 0.05) is 10.9 Å². The number of carbonyl (C=O) groups excluding carboxylic acids is 1. The highest BCUT2D eigenvalue weighted by molar-refractivity contribution is 9.10. The van der Waals surface area contributed by atoms with E-state index in [-0.39, 0.29) is 5.91 Å². The summed E-state index contributed by atoms with van der Waals surface area (Å²) in [6.45, 7) is 0. The Balaban J connectivity index is 1.92. The fourth-order valence-electron chi connectivity index (χ4n) is 2.45. The molecule has 1 aliphatic rings. The molecule has 1 aromatic rings. The summed E-state index contributed by atoms with van der Waals surface area (Å²) in [7, 11) is 0. The molecule has 98 valence electrons. The molecule has 0 saturated heterocycles. The van der Waals surface area contributed by atoms with Gasteiger partial charge in [-0.2, -0.15) is 0 Å². The minimum atomic E-state index is 0.0712. The molecule has 18 heavy (non-hydrogen) atoms. The lowest BCUT2D eigenvalue weighted by molar-refractivity contribution is -0.117. The monoisotopic (exact) mass is 329 g/mol. The van der Waals surface area contributed by atoms with Crippen LogP contribution in [0.3, 0.4) is 0 Å². The summed E-state index contributed by atoms with van der Waals surface area (Å²) in [5.74, 6) is 0.617. The van der Waals surface area contributed by atoms with Gasteiger partial charge in [0.05, 0.1) is 10.7 Å². The van der Waals surface area contributed by atoms with Crippen LogP contribution in [0.4, 0.5) is 5.69 Å². The van der Waals surface area contributed by atoms with Gasteiger partial charge in [-0.25, -0.2) is 0 Å². The van der Waals surface area contributed by atoms with E-state index in [0.717, 1.165) is 4.47 Å². The molecule has 0 bridgehead atoms. The predicted molar refractivity (Wildman–Crippen MR) is 79.0 cm³/mol. The third-order valence-corrected chi connectivity index (χ3v) is 4.22. The van der Waals surface area contributed by atoms with Crippen molar-refractivity contribution in [3.63, 3.8) is 0 Å². The highest BCUT2D eigenvalue weighted by Gasteiger charge is 2.17. The van der Waals surface area contributed by atoms with Gasteiger partial charge in [0.15, 0.2) is 0 Å². The van der Waals surface area contributed by atoms with Crippen LogP contribution in [-0.4, -0.2) is 5.91 Å². The average molecular weight is 331 g/mol. The van der Waals surface area contributed by atoms with Crippen LogP contribution in [0.25, 0.3) is 0 Å². The molecular formula is C14H17BrClNO. The third kappa shape index (κ3) is 3.99. The van der Waals surface area contributed by atoms with Gasteiger partial charge in [-0.3, -0.25) is 4.79 Å². The fraction of sp³-hybridized carbons (Fsp3) is 0.500. The molecule has 0 spiro atoms. The van der Waals surface area contributed by atoms with E-state index in [4.69, 9.17) is 11.6 Å². The van der Waals surface area contributed by atoms with Gasteiger partial charge < -0.3 is 5.32 Å². The van der Waals surface area contributed by atoms with Crippen molar-refractivity contribution in [2.45, 2.75) is 38.5 Å². The molecule has 0 aliphatic heterocycles. The maximum atomic E-state index is 12.0. The van der Waals surface area contributed by atoms with Gasteiger partial charge in [0.2, 0.25) is 5.91 Å². The van der Waals surface area contributed by atoms with E-state index in [1.54, 1.807) is 6.07 Å². The van der Waals surface area contributed by atoms with E-state index >= 15 is 0 Å². The van der Waals surface area contributed by atoms with E-state index in [1.165, 1.54) is 32.1 Å². The first kappa shape index (κ1) is 13.9. The van der Waals surface area contributed by atoms with Crippen molar-refractivity contribution in [3.8, 4) is 0 Å². The second-order valence-corrected chi connectivity index (χ2v) is 6.20. The summed E-state index contributed by atoms with van der Waals surface area (Å²) < 4.78 is 0.917. The molecule has 1 fully saturated rings. The van der Waals surface area contributed by atoms with E-state index in [0.29, 0.717) is 23.0 Å². The Morgan fingerprint density at radius 3 is 2.78 bits per heavy atom. The molecule has 1 N–H and O–H groups in total. The highest BCUT2D eigenvalue weighted by atomic mass is 79.9. The van der Waals surface area contributed by atoms with Crippen LogP contribution in [-0.2, 0) is 4.79 Å². The Hall–Kier alpha value is -0.540. The predicted octanol–water partition coefficient (Wildman–Crippen LogP) is 5.01. The molecule has 0 heterocycles. The zero-order chi connectivity index (χ0) is 13.0. The summed E-state index contributed by atoms with van der Waals surface area (Å²) in [5.41, 5.74) is 0.687. The molecule has 0 aromatic heterocycles. The van der Waals surface area contributed by atoms with Crippen molar-refractivity contribution in [1.82, 2.24) is 0 Å². The smallest absolute Gasteiger partial charge is 0.224 e. The summed E-state index contributed by atoms with van der Waals surface area (Å²) in [4.78, 5) is 12.0. The van der Waals surface area contributed by atoms with Gasteiger partial charge in [-0.05, 0) is 37.0 Å². The molecule has 4 heteroatoms. The number of hydrogen-bond acceptors (Lipinski definition) is 1. The zero-order valence-electron chi connectivity index (χ0n) is 10.2. The number of benzene rings is 1. The minimum Gasteiger partial charge on any atom is -0.325 e. The third-order valence-electron chi connectivity index (χ3n) is 3.40. The largest absolute Gasteiger partial charge is 0.325 e. The maximum absolute atomic E-state index is 12.0. The summed E-state index contributed by atoms with van der Waals surface area (Å²) in [6, 6.07) is 5.47. The number of anilines is 1. The van der Waals surface area contributed by atoms with Crippen molar-refractivity contribution >= 4 is 39.1 Å². The Kier molecular flexibility index (Phi) is 5.07. The van der Waals surface area contributed by atoms with Crippen LogP contribution < -0.4 is 5.32 Å². The topological polar surface area (TPSA) is 29.1 Å². The number of rotatable bonds is 3. The number of halogens is 2. The number of hydrogen-bond donors (Lipinski definition) is 1. The summed E-state index contributed by atoms with van der Waals surface area (Å²) in [6.07, 6.45) is 6.81. The first-order chi connectivity index (χ1) is 8.65. The van der Waals surface area contributed by atoms with Gasteiger partial charge in [0.1, 0.15) is 0 Å². The molecule has 0 radical (unpaired) electrons. The quantitative estimate of drug-likeness (QED) is 0.829.